The zero-order valence-corrected chi connectivity index (χ0v) is 8.04. The number of fused-ring (bicyclic) bond motifs is 1. The molecule has 0 spiro atoms. The number of aldehydes is 1. The van der Waals surface area contributed by atoms with Crippen LogP contribution in [0.1, 0.15) is 10.4 Å². The van der Waals surface area contributed by atoms with E-state index in [9.17, 15) is 9.90 Å². The van der Waals surface area contributed by atoms with Crippen LogP contribution in [0.3, 0.4) is 0 Å². The summed E-state index contributed by atoms with van der Waals surface area (Å²) in [6.45, 7) is 0. The van der Waals surface area contributed by atoms with Crippen LogP contribution in [0.5, 0.6) is 5.75 Å². The van der Waals surface area contributed by atoms with Crippen LogP contribution in [0.2, 0.25) is 0 Å². The highest BCUT2D eigenvalue weighted by Crippen LogP contribution is 2.34. The molecule has 1 aromatic carbocycles. The van der Waals surface area contributed by atoms with Gasteiger partial charge in [0.1, 0.15) is 0 Å². The molecule has 0 unspecified atom stereocenters. The number of benzene rings is 1. The summed E-state index contributed by atoms with van der Waals surface area (Å²) in [6, 6.07) is 3.27. The number of phenolic OH excluding ortho intramolecular Hbond substituents is 1. The van der Waals surface area contributed by atoms with Gasteiger partial charge in [-0.2, -0.15) is 0 Å². The van der Waals surface area contributed by atoms with Crippen molar-refractivity contribution in [1.82, 2.24) is 0 Å². The van der Waals surface area contributed by atoms with Crippen LogP contribution in [-0.2, 0) is 0 Å². The second kappa shape index (κ2) is 2.88. The van der Waals surface area contributed by atoms with Crippen molar-refractivity contribution in [1.29, 1.82) is 0 Å². The van der Waals surface area contributed by atoms with Crippen molar-refractivity contribution in [2.75, 3.05) is 0 Å². The topological polar surface area (TPSA) is 50.4 Å². The number of carbonyl (C=O) groups is 1. The monoisotopic (exact) mass is 240 g/mol. The Hall–Kier alpha value is -1.29. The van der Waals surface area contributed by atoms with Crippen molar-refractivity contribution >= 4 is 33.2 Å². The fraction of sp³-hybridized carbons (Fsp3) is 0. The second-order valence-corrected chi connectivity index (χ2v) is 3.43. The molecular weight excluding hydrogens is 236 g/mol. The second-order valence-electron chi connectivity index (χ2n) is 2.58. The van der Waals surface area contributed by atoms with Gasteiger partial charge in [-0.3, -0.25) is 4.79 Å². The molecule has 4 heteroatoms. The first kappa shape index (κ1) is 8.31. The van der Waals surface area contributed by atoms with E-state index in [4.69, 9.17) is 4.42 Å². The Bertz CT molecular complexity index is 473. The minimum Gasteiger partial charge on any atom is -0.504 e. The third kappa shape index (κ3) is 1.14. The van der Waals surface area contributed by atoms with E-state index in [1.54, 1.807) is 12.1 Å². The summed E-state index contributed by atoms with van der Waals surface area (Å²) in [6.07, 6.45) is 2.05. The largest absolute Gasteiger partial charge is 0.504 e. The van der Waals surface area contributed by atoms with Gasteiger partial charge in [-0.25, -0.2) is 0 Å². The fourth-order valence-corrected chi connectivity index (χ4v) is 1.74. The van der Waals surface area contributed by atoms with E-state index in [1.807, 2.05) is 0 Å². The van der Waals surface area contributed by atoms with Gasteiger partial charge >= 0.3 is 0 Å². The molecule has 2 rings (SSSR count). The van der Waals surface area contributed by atoms with Gasteiger partial charge in [0.15, 0.2) is 17.6 Å². The van der Waals surface area contributed by atoms with Crippen molar-refractivity contribution in [3.8, 4) is 5.75 Å². The zero-order chi connectivity index (χ0) is 9.42. The lowest BCUT2D eigenvalue weighted by Gasteiger charge is -1.99. The van der Waals surface area contributed by atoms with Gasteiger partial charge in [0.25, 0.3) is 0 Å². The molecule has 1 aromatic heterocycles. The van der Waals surface area contributed by atoms with E-state index in [2.05, 4.69) is 15.9 Å². The third-order valence-electron chi connectivity index (χ3n) is 1.82. The van der Waals surface area contributed by atoms with E-state index in [0.717, 1.165) is 9.86 Å². The molecule has 13 heavy (non-hydrogen) atoms. The molecule has 0 saturated heterocycles. The molecule has 0 bridgehead atoms. The predicted octanol–water partition coefficient (Wildman–Crippen LogP) is 2.71. The normalized spacial score (nSPS) is 10.5. The van der Waals surface area contributed by atoms with E-state index in [0.29, 0.717) is 11.9 Å². The SMILES string of the molecule is O=Cc1cc(Br)c2ccoc2c1O. The molecule has 0 radical (unpaired) electrons. The van der Waals surface area contributed by atoms with E-state index in [1.165, 1.54) is 6.26 Å². The van der Waals surface area contributed by atoms with Gasteiger partial charge in [-0.05, 0) is 12.1 Å². The molecule has 1 heterocycles. The summed E-state index contributed by atoms with van der Waals surface area (Å²) in [5.74, 6) is -0.113. The summed E-state index contributed by atoms with van der Waals surface area (Å²) in [4.78, 5) is 10.5. The minimum atomic E-state index is -0.113. The number of halogens is 1. The van der Waals surface area contributed by atoms with E-state index in [-0.39, 0.29) is 11.3 Å². The quantitative estimate of drug-likeness (QED) is 0.781. The predicted molar refractivity (Wildman–Crippen MR) is 51.0 cm³/mol. The van der Waals surface area contributed by atoms with Gasteiger partial charge in [-0.1, -0.05) is 15.9 Å². The molecule has 0 aliphatic heterocycles. The summed E-state index contributed by atoms with van der Waals surface area (Å²) in [5, 5.41) is 10.3. The minimum absolute atomic E-state index is 0.113. The number of rotatable bonds is 1. The lowest BCUT2D eigenvalue weighted by atomic mass is 10.1. The van der Waals surface area contributed by atoms with Crippen molar-refractivity contribution < 1.29 is 14.3 Å². The Labute approximate surface area is 82.1 Å². The first-order chi connectivity index (χ1) is 6.24. The Morgan fingerprint density at radius 3 is 3.00 bits per heavy atom. The smallest absolute Gasteiger partial charge is 0.177 e. The standard InChI is InChI=1S/C9H5BrO3/c10-7-3-5(4-11)8(12)9-6(7)1-2-13-9/h1-4,12H. The average molecular weight is 241 g/mol. The summed E-state index contributed by atoms with van der Waals surface area (Å²) >= 11 is 3.27. The fourth-order valence-electron chi connectivity index (χ4n) is 1.18. The van der Waals surface area contributed by atoms with Crippen LogP contribution in [0, 0.1) is 0 Å². The third-order valence-corrected chi connectivity index (χ3v) is 2.48. The van der Waals surface area contributed by atoms with E-state index < -0.39 is 0 Å². The van der Waals surface area contributed by atoms with Crippen LogP contribution >= 0.6 is 15.9 Å². The number of hydrogen-bond donors (Lipinski definition) is 1. The summed E-state index contributed by atoms with van der Waals surface area (Å²) in [5.41, 5.74) is 0.547. The van der Waals surface area contributed by atoms with Crippen molar-refractivity contribution in [3.05, 3.63) is 28.4 Å². The molecule has 0 atom stereocenters. The molecule has 0 amide bonds. The maximum absolute atomic E-state index is 10.5. The number of furan rings is 1. The number of aromatic hydroxyl groups is 1. The van der Waals surface area contributed by atoms with Crippen LogP contribution in [0.15, 0.2) is 27.3 Å². The molecule has 0 aliphatic carbocycles. The first-order valence-corrected chi connectivity index (χ1v) is 4.37. The number of hydrogen-bond acceptors (Lipinski definition) is 3. The lowest BCUT2D eigenvalue weighted by Crippen LogP contribution is -1.82. The highest BCUT2D eigenvalue weighted by molar-refractivity contribution is 9.10. The van der Waals surface area contributed by atoms with Crippen LogP contribution in [0.4, 0.5) is 0 Å². The Kier molecular flexibility index (Phi) is 1.84. The van der Waals surface area contributed by atoms with Crippen LogP contribution in [0.25, 0.3) is 11.0 Å². The molecule has 3 nitrogen and oxygen atoms in total. The van der Waals surface area contributed by atoms with Gasteiger partial charge in [-0.15, -0.1) is 0 Å². The van der Waals surface area contributed by atoms with Crippen LogP contribution < -0.4 is 0 Å². The maximum Gasteiger partial charge on any atom is 0.177 e. The van der Waals surface area contributed by atoms with Crippen molar-refractivity contribution in [3.63, 3.8) is 0 Å². The Morgan fingerprint density at radius 1 is 1.54 bits per heavy atom. The first-order valence-electron chi connectivity index (χ1n) is 3.58. The molecule has 0 fully saturated rings. The molecular formula is C9H5BrO3. The molecule has 1 N–H and O–H groups in total. The molecule has 66 valence electrons. The summed E-state index contributed by atoms with van der Waals surface area (Å²) < 4.78 is 5.77. The summed E-state index contributed by atoms with van der Waals surface area (Å²) in [7, 11) is 0. The molecule has 2 aromatic rings. The zero-order valence-electron chi connectivity index (χ0n) is 6.45. The highest BCUT2D eigenvalue weighted by Gasteiger charge is 2.11. The highest BCUT2D eigenvalue weighted by atomic mass is 79.9. The molecule has 0 saturated carbocycles. The van der Waals surface area contributed by atoms with Crippen molar-refractivity contribution in [2.45, 2.75) is 0 Å². The van der Waals surface area contributed by atoms with E-state index >= 15 is 0 Å². The van der Waals surface area contributed by atoms with Gasteiger partial charge in [0.05, 0.1) is 11.8 Å². The Balaban J connectivity index is 2.93. The maximum atomic E-state index is 10.5. The Morgan fingerprint density at radius 2 is 2.31 bits per heavy atom. The van der Waals surface area contributed by atoms with Gasteiger partial charge < -0.3 is 9.52 Å². The van der Waals surface area contributed by atoms with Gasteiger partial charge in [0, 0.05) is 9.86 Å². The average Bonchev–Trinajstić information content (AvgIpc) is 2.60. The lowest BCUT2D eigenvalue weighted by molar-refractivity contribution is 0.112. The van der Waals surface area contributed by atoms with Crippen LogP contribution in [-0.4, -0.2) is 11.4 Å². The van der Waals surface area contributed by atoms with Crippen molar-refractivity contribution in [2.24, 2.45) is 0 Å². The number of phenols is 1. The van der Waals surface area contributed by atoms with Gasteiger partial charge in [0.2, 0.25) is 0 Å². The molecule has 0 aliphatic rings. The number of carbonyl (C=O) groups excluding carboxylic acids is 1.